The van der Waals surface area contributed by atoms with Gasteiger partial charge in [0.25, 0.3) is 5.91 Å². The minimum Gasteiger partial charge on any atom is -0.493 e. The van der Waals surface area contributed by atoms with Crippen LogP contribution < -0.4 is 20.1 Å². The van der Waals surface area contributed by atoms with Gasteiger partial charge >= 0.3 is 0 Å². The maximum Gasteiger partial charge on any atom is 0.262 e. The van der Waals surface area contributed by atoms with E-state index in [9.17, 15) is 9.59 Å². The number of carbonyl (C=O) groups excluding carboxylic acids is 2. The second kappa shape index (κ2) is 9.58. The molecule has 0 atom stereocenters. The number of methoxy groups -OCH3 is 1. The summed E-state index contributed by atoms with van der Waals surface area (Å²) in [5.74, 6) is 1.05. The summed E-state index contributed by atoms with van der Waals surface area (Å²) in [5, 5.41) is 5.50. The summed E-state index contributed by atoms with van der Waals surface area (Å²) in [6, 6.07) is 14.1. The van der Waals surface area contributed by atoms with Crippen LogP contribution in [0.15, 0.2) is 48.5 Å². The topological polar surface area (TPSA) is 76.7 Å². The summed E-state index contributed by atoms with van der Waals surface area (Å²) < 4.78 is 10.6. The van der Waals surface area contributed by atoms with Crippen molar-refractivity contribution in [1.29, 1.82) is 0 Å². The minimum atomic E-state index is -0.307. The van der Waals surface area contributed by atoms with Gasteiger partial charge in [0.2, 0.25) is 5.91 Å². The van der Waals surface area contributed by atoms with Gasteiger partial charge in [0.1, 0.15) is 0 Å². The zero-order valence-corrected chi connectivity index (χ0v) is 14.9. The van der Waals surface area contributed by atoms with Gasteiger partial charge in [-0.15, -0.1) is 0 Å². The molecule has 25 heavy (non-hydrogen) atoms. The smallest absolute Gasteiger partial charge is 0.262 e. The number of para-hydroxylation sites is 2. The van der Waals surface area contributed by atoms with Gasteiger partial charge in [0.15, 0.2) is 18.1 Å². The second-order valence-electron chi connectivity index (χ2n) is 5.05. The predicted molar refractivity (Wildman–Crippen MR) is 101 cm³/mol. The average Bonchev–Trinajstić information content (AvgIpc) is 2.60. The number of nitrogens with one attached hydrogen (secondary N) is 2. The van der Waals surface area contributed by atoms with E-state index in [-0.39, 0.29) is 18.4 Å². The molecule has 0 aliphatic rings. The van der Waals surface area contributed by atoms with Crippen molar-refractivity contribution in [3.8, 4) is 11.5 Å². The molecule has 0 bridgehead atoms. The number of rotatable bonds is 8. The molecule has 2 aromatic rings. The first-order valence-corrected chi connectivity index (χ1v) is 8.96. The molecule has 0 aromatic heterocycles. The van der Waals surface area contributed by atoms with E-state index in [4.69, 9.17) is 9.47 Å². The third-order valence-electron chi connectivity index (χ3n) is 3.13. The summed E-state index contributed by atoms with van der Waals surface area (Å²) in [5.41, 5.74) is 1.21. The maximum absolute atomic E-state index is 12.1. The average molecular weight is 360 g/mol. The molecule has 0 spiro atoms. The van der Waals surface area contributed by atoms with Gasteiger partial charge in [0, 0.05) is 11.4 Å². The molecule has 132 valence electrons. The van der Waals surface area contributed by atoms with Crippen molar-refractivity contribution in [2.24, 2.45) is 0 Å². The number of ether oxygens (including phenoxy) is 2. The van der Waals surface area contributed by atoms with Gasteiger partial charge < -0.3 is 20.1 Å². The molecule has 0 unspecified atom stereocenters. The largest absolute Gasteiger partial charge is 0.493 e. The highest BCUT2D eigenvalue weighted by atomic mass is 32.2. The zero-order valence-electron chi connectivity index (χ0n) is 14.1. The van der Waals surface area contributed by atoms with Gasteiger partial charge in [-0.25, -0.2) is 0 Å². The van der Waals surface area contributed by atoms with E-state index < -0.39 is 0 Å². The first-order valence-electron chi connectivity index (χ1n) is 7.57. The van der Waals surface area contributed by atoms with E-state index in [1.54, 1.807) is 49.6 Å². The highest BCUT2D eigenvalue weighted by molar-refractivity contribution is 7.99. The van der Waals surface area contributed by atoms with Crippen molar-refractivity contribution in [2.75, 3.05) is 36.4 Å². The Morgan fingerprint density at radius 1 is 0.960 bits per heavy atom. The van der Waals surface area contributed by atoms with E-state index in [2.05, 4.69) is 10.6 Å². The van der Waals surface area contributed by atoms with Crippen LogP contribution in [0.4, 0.5) is 11.4 Å². The number of amides is 2. The Balaban J connectivity index is 1.91. The number of anilines is 2. The fourth-order valence-electron chi connectivity index (χ4n) is 2.08. The van der Waals surface area contributed by atoms with E-state index in [0.29, 0.717) is 28.6 Å². The van der Waals surface area contributed by atoms with E-state index in [0.717, 1.165) is 0 Å². The van der Waals surface area contributed by atoms with Crippen molar-refractivity contribution in [1.82, 2.24) is 0 Å². The van der Waals surface area contributed by atoms with Crippen LogP contribution in [0.2, 0.25) is 0 Å². The summed E-state index contributed by atoms with van der Waals surface area (Å²) in [6.45, 7) is -0.149. The first-order chi connectivity index (χ1) is 12.1. The van der Waals surface area contributed by atoms with Crippen molar-refractivity contribution in [3.05, 3.63) is 48.5 Å². The highest BCUT2D eigenvalue weighted by Gasteiger charge is 2.08. The molecule has 0 radical (unpaired) electrons. The highest BCUT2D eigenvalue weighted by Crippen LogP contribution is 2.25. The Bertz CT molecular complexity index is 737. The number of hydrogen-bond acceptors (Lipinski definition) is 5. The normalized spacial score (nSPS) is 10.0. The molecular weight excluding hydrogens is 340 g/mol. The molecule has 7 heteroatoms. The van der Waals surface area contributed by atoms with Crippen LogP contribution in [0.3, 0.4) is 0 Å². The Kier molecular flexibility index (Phi) is 7.16. The number of thioether (sulfide) groups is 1. The van der Waals surface area contributed by atoms with Crippen molar-refractivity contribution in [2.45, 2.75) is 0 Å². The van der Waals surface area contributed by atoms with Crippen LogP contribution in [0.5, 0.6) is 11.5 Å². The maximum atomic E-state index is 12.1. The first kappa shape index (κ1) is 18.7. The third-order valence-corrected chi connectivity index (χ3v) is 3.68. The van der Waals surface area contributed by atoms with Crippen LogP contribution >= 0.6 is 11.8 Å². The van der Waals surface area contributed by atoms with Crippen molar-refractivity contribution in [3.63, 3.8) is 0 Å². The summed E-state index contributed by atoms with van der Waals surface area (Å²) >= 11 is 1.44. The molecule has 0 fully saturated rings. The van der Waals surface area contributed by atoms with Crippen molar-refractivity contribution < 1.29 is 19.1 Å². The standard InChI is InChI=1S/C18H20N2O4S/c1-23-15-8-3-4-9-16(15)24-11-17(21)19-13-6-5-7-14(10-13)20-18(22)12-25-2/h3-10H,11-12H2,1-2H3,(H,19,21)(H,20,22). The second-order valence-corrected chi connectivity index (χ2v) is 5.92. The Morgan fingerprint density at radius 3 is 2.24 bits per heavy atom. The van der Waals surface area contributed by atoms with Crippen LogP contribution in [-0.4, -0.2) is 37.5 Å². The molecule has 2 rings (SSSR count). The van der Waals surface area contributed by atoms with Crippen molar-refractivity contribution >= 4 is 35.0 Å². The quantitative estimate of drug-likeness (QED) is 0.757. The lowest BCUT2D eigenvalue weighted by atomic mass is 10.2. The van der Waals surface area contributed by atoms with E-state index >= 15 is 0 Å². The molecule has 2 N–H and O–H groups in total. The van der Waals surface area contributed by atoms with E-state index in [1.165, 1.54) is 11.8 Å². The molecule has 2 amide bonds. The Morgan fingerprint density at radius 2 is 1.60 bits per heavy atom. The molecule has 0 saturated heterocycles. The van der Waals surface area contributed by atoms with E-state index in [1.807, 2.05) is 12.3 Å². The molecule has 0 aliphatic heterocycles. The van der Waals surface area contributed by atoms with Gasteiger partial charge in [-0.05, 0) is 36.6 Å². The Hall–Kier alpha value is -2.67. The predicted octanol–water partition coefficient (Wildman–Crippen LogP) is 3.01. The monoisotopic (exact) mass is 360 g/mol. The summed E-state index contributed by atoms with van der Waals surface area (Å²) in [7, 11) is 1.54. The third kappa shape index (κ3) is 6.04. The molecule has 0 aliphatic carbocycles. The molecule has 0 saturated carbocycles. The van der Waals surface area contributed by atoms with Gasteiger partial charge in [-0.3, -0.25) is 9.59 Å². The number of hydrogen-bond donors (Lipinski definition) is 2. The molecule has 0 heterocycles. The molecule has 6 nitrogen and oxygen atoms in total. The molecular formula is C18H20N2O4S. The van der Waals surface area contributed by atoms with Gasteiger partial charge in [-0.1, -0.05) is 18.2 Å². The zero-order chi connectivity index (χ0) is 18.1. The van der Waals surface area contributed by atoms with Gasteiger partial charge in [-0.2, -0.15) is 11.8 Å². The lowest BCUT2D eigenvalue weighted by molar-refractivity contribution is -0.118. The minimum absolute atomic E-state index is 0.0875. The van der Waals surface area contributed by atoms with Gasteiger partial charge in [0.05, 0.1) is 12.9 Å². The SMILES string of the molecule is COc1ccccc1OCC(=O)Nc1cccc(NC(=O)CSC)c1. The summed E-state index contributed by atoms with van der Waals surface area (Å²) in [6.07, 6.45) is 1.86. The van der Waals surface area contributed by atoms with Crippen LogP contribution in [0.25, 0.3) is 0 Å². The fourth-order valence-corrected chi connectivity index (χ4v) is 2.42. The number of benzene rings is 2. The Labute approximate surface area is 150 Å². The lowest BCUT2D eigenvalue weighted by Crippen LogP contribution is -2.20. The van der Waals surface area contributed by atoms with Crippen LogP contribution in [0.1, 0.15) is 0 Å². The van der Waals surface area contributed by atoms with Crippen LogP contribution in [-0.2, 0) is 9.59 Å². The van der Waals surface area contributed by atoms with Crippen LogP contribution in [0, 0.1) is 0 Å². The number of carbonyl (C=O) groups is 2. The molecule has 2 aromatic carbocycles. The lowest BCUT2D eigenvalue weighted by Gasteiger charge is -2.11. The fraction of sp³-hybridized carbons (Fsp3) is 0.222. The summed E-state index contributed by atoms with van der Waals surface area (Å²) in [4.78, 5) is 23.7.